The molecule has 1 N–H and O–H groups in total. The van der Waals surface area contributed by atoms with Crippen LogP contribution in [0, 0.1) is 0 Å². The minimum atomic E-state index is -3.33. The molecule has 0 aliphatic carbocycles. The molecule has 1 fully saturated rings. The number of nitrogens with zero attached hydrogens (tertiary/aromatic N) is 1. The minimum absolute atomic E-state index is 0.378. The van der Waals surface area contributed by atoms with E-state index in [1.165, 1.54) is 0 Å². The van der Waals surface area contributed by atoms with Crippen LogP contribution >= 0.6 is 0 Å². The average molecular weight is 360 g/mol. The number of benzene rings is 2. The third-order valence-electron chi connectivity index (χ3n) is 4.46. The number of hydrogen-bond donors (Lipinski definition) is 1. The molecule has 3 rings (SSSR count). The second-order valence-electron chi connectivity index (χ2n) is 6.17. The molecule has 0 spiro atoms. The van der Waals surface area contributed by atoms with Gasteiger partial charge in [0.25, 0.3) is 0 Å². The van der Waals surface area contributed by atoms with E-state index in [-0.39, 0.29) is 0 Å². The highest BCUT2D eigenvalue weighted by Gasteiger charge is 2.26. The Bertz CT molecular complexity index is 798. The van der Waals surface area contributed by atoms with Crippen molar-refractivity contribution in [2.45, 2.75) is 30.8 Å². The van der Waals surface area contributed by atoms with Gasteiger partial charge in [0.15, 0.2) is 0 Å². The largest absolute Gasteiger partial charge is 0.496 e. The van der Waals surface area contributed by atoms with Crippen LogP contribution in [0.3, 0.4) is 0 Å². The van der Waals surface area contributed by atoms with Crippen molar-refractivity contribution in [2.75, 3.05) is 20.2 Å². The lowest BCUT2D eigenvalue weighted by molar-refractivity contribution is 0.407. The Hall–Kier alpha value is -1.89. The molecule has 1 aliphatic rings. The van der Waals surface area contributed by atoms with Crippen LogP contribution in [0.2, 0.25) is 0 Å². The van der Waals surface area contributed by atoms with Gasteiger partial charge in [-0.2, -0.15) is 4.31 Å². The summed E-state index contributed by atoms with van der Waals surface area (Å²) in [5.74, 6) is 0.863. The van der Waals surface area contributed by atoms with Gasteiger partial charge in [0.05, 0.1) is 12.0 Å². The maximum absolute atomic E-state index is 12.5. The zero-order valence-corrected chi connectivity index (χ0v) is 15.3. The van der Waals surface area contributed by atoms with Gasteiger partial charge in [0.2, 0.25) is 10.0 Å². The second kappa shape index (κ2) is 7.99. The van der Waals surface area contributed by atoms with Gasteiger partial charge in [-0.3, -0.25) is 0 Å². The first kappa shape index (κ1) is 17.9. The summed E-state index contributed by atoms with van der Waals surface area (Å²) in [4.78, 5) is 0.378. The number of ether oxygens (including phenoxy) is 1. The predicted molar refractivity (Wildman–Crippen MR) is 98.0 cm³/mol. The summed E-state index contributed by atoms with van der Waals surface area (Å²) in [5.41, 5.74) is 2.15. The molecule has 2 aromatic rings. The Kier molecular flexibility index (Phi) is 5.73. The van der Waals surface area contributed by atoms with Gasteiger partial charge < -0.3 is 10.1 Å². The molecule has 0 bridgehead atoms. The lowest BCUT2D eigenvalue weighted by Gasteiger charge is -2.15. The zero-order valence-electron chi connectivity index (χ0n) is 14.4. The summed E-state index contributed by atoms with van der Waals surface area (Å²) in [7, 11) is -1.67. The van der Waals surface area contributed by atoms with E-state index in [1.54, 1.807) is 23.5 Å². The predicted octanol–water partition coefficient (Wildman–Crippen LogP) is 2.77. The molecule has 1 saturated heterocycles. The molecule has 134 valence electrons. The number of para-hydroxylation sites is 1. The highest BCUT2D eigenvalue weighted by Crippen LogP contribution is 2.21. The Morgan fingerprint density at radius 1 is 1.00 bits per heavy atom. The van der Waals surface area contributed by atoms with Crippen molar-refractivity contribution in [3.63, 3.8) is 0 Å². The van der Waals surface area contributed by atoms with E-state index in [0.29, 0.717) is 31.1 Å². The Morgan fingerprint density at radius 3 is 2.36 bits per heavy atom. The maximum Gasteiger partial charge on any atom is 0.243 e. The molecule has 6 heteroatoms. The van der Waals surface area contributed by atoms with E-state index >= 15 is 0 Å². The summed E-state index contributed by atoms with van der Waals surface area (Å²) >= 11 is 0. The molecule has 0 atom stereocenters. The number of hydrogen-bond acceptors (Lipinski definition) is 4. The fourth-order valence-corrected chi connectivity index (χ4v) is 4.56. The van der Waals surface area contributed by atoms with Crippen LogP contribution in [0.4, 0.5) is 0 Å². The van der Waals surface area contributed by atoms with Gasteiger partial charge >= 0.3 is 0 Å². The van der Waals surface area contributed by atoms with Crippen molar-refractivity contribution in [3.8, 4) is 5.75 Å². The molecule has 1 heterocycles. The third kappa shape index (κ3) is 4.21. The lowest BCUT2D eigenvalue weighted by Crippen LogP contribution is -2.27. The average Bonchev–Trinajstić information content (AvgIpc) is 3.18. The quantitative estimate of drug-likeness (QED) is 0.825. The Balaban J connectivity index is 1.59. The van der Waals surface area contributed by atoms with Crippen LogP contribution in [-0.4, -0.2) is 32.9 Å². The molecular formula is C19H24N2O3S. The van der Waals surface area contributed by atoms with E-state index in [1.807, 2.05) is 36.4 Å². The van der Waals surface area contributed by atoms with Crippen LogP contribution in [0.25, 0.3) is 0 Å². The van der Waals surface area contributed by atoms with Crippen molar-refractivity contribution in [1.82, 2.24) is 9.62 Å². The fourth-order valence-electron chi connectivity index (χ4n) is 3.05. The van der Waals surface area contributed by atoms with Crippen molar-refractivity contribution < 1.29 is 13.2 Å². The molecule has 0 unspecified atom stereocenters. The van der Waals surface area contributed by atoms with Crippen molar-refractivity contribution in [2.24, 2.45) is 0 Å². The van der Waals surface area contributed by atoms with Crippen molar-refractivity contribution in [1.29, 1.82) is 0 Å². The topological polar surface area (TPSA) is 58.6 Å². The third-order valence-corrected chi connectivity index (χ3v) is 6.38. The van der Waals surface area contributed by atoms with Gasteiger partial charge in [0, 0.05) is 31.7 Å². The van der Waals surface area contributed by atoms with Crippen LogP contribution in [0.15, 0.2) is 53.4 Å². The zero-order chi connectivity index (χ0) is 17.7. The van der Waals surface area contributed by atoms with Crippen molar-refractivity contribution in [3.05, 3.63) is 59.7 Å². The standard InChI is InChI=1S/C19H24N2O3S/c1-24-19-7-3-2-6-17(19)15-20-14-16-8-10-18(11-9-16)25(22,23)21-12-4-5-13-21/h2-3,6-11,20H,4-5,12-15H2,1H3. The molecule has 0 saturated carbocycles. The molecule has 1 aliphatic heterocycles. The van der Waals surface area contributed by atoms with Crippen LogP contribution < -0.4 is 10.1 Å². The first-order valence-electron chi connectivity index (χ1n) is 8.53. The van der Waals surface area contributed by atoms with Crippen LogP contribution in [0.5, 0.6) is 5.75 Å². The lowest BCUT2D eigenvalue weighted by atomic mass is 10.2. The molecular weight excluding hydrogens is 336 g/mol. The Morgan fingerprint density at radius 2 is 1.68 bits per heavy atom. The van der Waals surface area contributed by atoms with Gasteiger partial charge in [0.1, 0.15) is 5.75 Å². The van der Waals surface area contributed by atoms with Crippen LogP contribution in [0.1, 0.15) is 24.0 Å². The minimum Gasteiger partial charge on any atom is -0.496 e. The smallest absolute Gasteiger partial charge is 0.243 e. The number of rotatable bonds is 7. The van der Waals surface area contributed by atoms with Crippen LogP contribution in [-0.2, 0) is 23.1 Å². The van der Waals surface area contributed by atoms with Gasteiger partial charge in [-0.25, -0.2) is 8.42 Å². The molecule has 0 radical (unpaired) electrons. The van der Waals surface area contributed by atoms with E-state index in [9.17, 15) is 8.42 Å². The monoisotopic (exact) mass is 360 g/mol. The van der Waals surface area contributed by atoms with E-state index < -0.39 is 10.0 Å². The van der Waals surface area contributed by atoms with Gasteiger partial charge in [-0.05, 0) is 36.6 Å². The van der Waals surface area contributed by atoms with E-state index in [2.05, 4.69) is 5.32 Å². The summed E-state index contributed by atoms with van der Waals surface area (Å²) in [6.45, 7) is 2.62. The normalized spacial score (nSPS) is 15.4. The number of methoxy groups -OCH3 is 1. The molecule has 0 aromatic heterocycles. The molecule has 0 amide bonds. The fraction of sp³-hybridized carbons (Fsp3) is 0.368. The first-order chi connectivity index (χ1) is 12.1. The van der Waals surface area contributed by atoms with E-state index in [4.69, 9.17) is 4.74 Å². The maximum atomic E-state index is 12.5. The Labute approximate surface area is 149 Å². The van der Waals surface area contributed by atoms with E-state index in [0.717, 1.165) is 29.7 Å². The van der Waals surface area contributed by atoms with Gasteiger partial charge in [-0.1, -0.05) is 30.3 Å². The molecule has 2 aromatic carbocycles. The highest BCUT2D eigenvalue weighted by molar-refractivity contribution is 7.89. The number of nitrogens with one attached hydrogen (secondary N) is 1. The summed E-state index contributed by atoms with van der Waals surface area (Å²) in [6, 6.07) is 15.0. The summed E-state index contributed by atoms with van der Waals surface area (Å²) in [5, 5.41) is 3.37. The number of sulfonamides is 1. The molecule has 25 heavy (non-hydrogen) atoms. The van der Waals surface area contributed by atoms with Gasteiger partial charge in [-0.15, -0.1) is 0 Å². The second-order valence-corrected chi connectivity index (χ2v) is 8.11. The first-order valence-corrected chi connectivity index (χ1v) is 9.97. The summed E-state index contributed by atoms with van der Waals surface area (Å²) in [6.07, 6.45) is 1.90. The highest BCUT2D eigenvalue weighted by atomic mass is 32.2. The summed E-state index contributed by atoms with van der Waals surface area (Å²) < 4.78 is 31.9. The van der Waals surface area contributed by atoms with Crippen molar-refractivity contribution >= 4 is 10.0 Å². The SMILES string of the molecule is COc1ccccc1CNCc1ccc(S(=O)(=O)N2CCCC2)cc1. The molecule has 5 nitrogen and oxygen atoms in total.